The summed E-state index contributed by atoms with van der Waals surface area (Å²) >= 11 is 0. The highest BCUT2D eigenvalue weighted by atomic mass is 16.5. The van der Waals surface area contributed by atoms with Crippen LogP contribution in [0.25, 0.3) is 0 Å². The number of amides is 2. The summed E-state index contributed by atoms with van der Waals surface area (Å²) in [4.78, 5) is 32.7. The van der Waals surface area contributed by atoms with Crippen molar-refractivity contribution in [2.75, 3.05) is 39.4 Å². The molecule has 2 amide bonds. The van der Waals surface area contributed by atoms with Crippen LogP contribution in [-0.2, 0) is 20.7 Å². The molecule has 0 radical (unpaired) electrons. The van der Waals surface area contributed by atoms with E-state index in [1.54, 1.807) is 0 Å². The highest BCUT2D eigenvalue weighted by Crippen LogP contribution is 2.26. The van der Waals surface area contributed by atoms with Crippen molar-refractivity contribution >= 4 is 11.8 Å². The van der Waals surface area contributed by atoms with Crippen LogP contribution in [0.1, 0.15) is 54.0 Å². The van der Waals surface area contributed by atoms with Crippen molar-refractivity contribution in [2.24, 2.45) is 0 Å². The minimum Gasteiger partial charge on any atom is -0.370 e. The van der Waals surface area contributed by atoms with Gasteiger partial charge < -0.3 is 14.5 Å². The molecule has 0 spiro atoms. The van der Waals surface area contributed by atoms with Gasteiger partial charge in [-0.3, -0.25) is 14.6 Å². The number of nitrogens with zero attached hydrogens (tertiary/aromatic N) is 3. The summed E-state index contributed by atoms with van der Waals surface area (Å²) in [6.45, 7) is 5.46. The molecule has 0 N–H and O–H groups in total. The summed E-state index contributed by atoms with van der Waals surface area (Å²) in [6.07, 6.45) is 6.44. The molecule has 2 aromatic rings. The number of carbonyl (C=O) groups excluding carboxylic acids is 2. The van der Waals surface area contributed by atoms with Crippen LogP contribution < -0.4 is 0 Å². The average molecular weight is 436 g/mol. The fourth-order valence-corrected chi connectivity index (χ4v) is 4.65. The van der Waals surface area contributed by atoms with Crippen LogP contribution in [0.15, 0.2) is 42.6 Å². The maximum atomic E-state index is 12.6. The molecule has 2 saturated heterocycles. The van der Waals surface area contributed by atoms with Gasteiger partial charge in [-0.25, -0.2) is 0 Å². The van der Waals surface area contributed by atoms with E-state index in [1.165, 1.54) is 16.7 Å². The van der Waals surface area contributed by atoms with E-state index in [4.69, 9.17) is 9.72 Å². The Kier molecular flexibility index (Phi) is 7.53. The van der Waals surface area contributed by atoms with Gasteiger partial charge in [0.2, 0.25) is 11.8 Å². The zero-order chi connectivity index (χ0) is 22.3. The molecule has 2 aliphatic heterocycles. The van der Waals surface area contributed by atoms with Crippen molar-refractivity contribution in [1.82, 2.24) is 14.8 Å². The summed E-state index contributed by atoms with van der Waals surface area (Å²) in [7, 11) is 0. The van der Waals surface area contributed by atoms with Gasteiger partial charge >= 0.3 is 0 Å². The second-order valence-corrected chi connectivity index (χ2v) is 8.97. The van der Waals surface area contributed by atoms with E-state index in [0.717, 1.165) is 44.5 Å². The van der Waals surface area contributed by atoms with Crippen molar-refractivity contribution < 1.29 is 14.3 Å². The van der Waals surface area contributed by atoms with Crippen LogP contribution in [0.2, 0.25) is 0 Å². The molecule has 3 heterocycles. The van der Waals surface area contributed by atoms with Gasteiger partial charge in [0.25, 0.3) is 0 Å². The Bertz CT molecular complexity index is 928. The third-order valence-corrected chi connectivity index (χ3v) is 6.43. The standard InChI is InChI=1S/C26H33N3O3/c1-20-5-2-6-21(15-20)16-22-9-10-24(27-17-22)23-7-3-12-29(18-23)26(31)19-32-14-13-28-11-4-8-25(28)30/h2,5-6,9-10,15,17,23H,3-4,7-8,11-14,16,18-19H2,1H3. The van der Waals surface area contributed by atoms with Crippen LogP contribution in [0.3, 0.4) is 0 Å². The topological polar surface area (TPSA) is 62.7 Å². The zero-order valence-corrected chi connectivity index (χ0v) is 19.0. The first kappa shape index (κ1) is 22.5. The molecule has 6 heteroatoms. The SMILES string of the molecule is Cc1cccc(Cc2ccc(C3CCCN(C(=O)COCCN4CCCC4=O)C3)nc2)c1. The summed E-state index contributed by atoms with van der Waals surface area (Å²) < 4.78 is 5.58. The number of carbonyl (C=O) groups is 2. The lowest BCUT2D eigenvalue weighted by molar-refractivity contribution is -0.137. The van der Waals surface area contributed by atoms with E-state index in [-0.39, 0.29) is 24.3 Å². The van der Waals surface area contributed by atoms with Crippen LogP contribution in [-0.4, -0.2) is 66.0 Å². The first-order valence-corrected chi connectivity index (χ1v) is 11.7. The summed E-state index contributed by atoms with van der Waals surface area (Å²) in [5.41, 5.74) is 4.83. The molecular formula is C26H33N3O3. The smallest absolute Gasteiger partial charge is 0.248 e. The number of piperidine rings is 1. The molecule has 0 bridgehead atoms. The number of pyridine rings is 1. The molecule has 0 aliphatic carbocycles. The molecule has 1 atom stereocenters. The lowest BCUT2D eigenvalue weighted by atomic mass is 9.93. The first-order chi connectivity index (χ1) is 15.6. The molecule has 2 aliphatic rings. The molecule has 0 saturated carbocycles. The Morgan fingerprint density at radius 3 is 2.81 bits per heavy atom. The van der Waals surface area contributed by atoms with E-state index in [9.17, 15) is 9.59 Å². The van der Waals surface area contributed by atoms with Gasteiger partial charge in [-0.05, 0) is 49.8 Å². The molecule has 1 aromatic carbocycles. The molecule has 4 rings (SSSR count). The number of rotatable bonds is 8. The van der Waals surface area contributed by atoms with Crippen molar-refractivity contribution in [3.05, 3.63) is 65.0 Å². The van der Waals surface area contributed by atoms with Crippen LogP contribution in [0.5, 0.6) is 0 Å². The third-order valence-electron chi connectivity index (χ3n) is 6.43. The van der Waals surface area contributed by atoms with Gasteiger partial charge in [0.05, 0.1) is 6.61 Å². The highest BCUT2D eigenvalue weighted by Gasteiger charge is 2.26. The number of aromatic nitrogens is 1. The van der Waals surface area contributed by atoms with E-state index >= 15 is 0 Å². The number of benzene rings is 1. The third kappa shape index (κ3) is 5.94. The fourth-order valence-electron chi connectivity index (χ4n) is 4.65. The maximum absolute atomic E-state index is 12.6. The minimum absolute atomic E-state index is 0.0264. The number of hydrogen-bond acceptors (Lipinski definition) is 4. The fraction of sp³-hybridized carbons (Fsp3) is 0.500. The normalized spacial score (nSPS) is 18.9. The van der Waals surface area contributed by atoms with Crippen molar-refractivity contribution in [3.8, 4) is 0 Å². The van der Waals surface area contributed by atoms with Crippen molar-refractivity contribution in [3.63, 3.8) is 0 Å². The first-order valence-electron chi connectivity index (χ1n) is 11.7. The molecule has 2 fully saturated rings. The Morgan fingerprint density at radius 1 is 1.16 bits per heavy atom. The summed E-state index contributed by atoms with van der Waals surface area (Å²) in [5.74, 6) is 0.484. The van der Waals surface area contributed by atoms with Gasteiger partial charge in [-0.15, -0.1) is 0 Å². The average Bonchev–Trinajstić information content (AvgIpc) is 3.22. The van der Waals surface area contributed by atoms with E-state index < -0.39 is 0 Å². The molecule has 32 heavy (non-hydrogen) atoms. The van der Waals surface area contributed by atoms with Gasteiger partial charge in [0.1, 0.15) is 6.61 Å². The Labute approximate surface area is 190 Å². The predicted molar refractivity (Wildman–Crippen MR) is 123 cm³/mol. The maximum Gasteiger partial charge on any atom is 0.248 e. The van der Waals surface area contributed by atoms with E-state index in [0.29, 0.717) is 26.1 Å². The number of hydrogen-bond donors (Lipinski definition) is 0. The Balaban J connectivity index is 1.24. The molecule has 1 aromatic heterocycles. The van der Waals surface area contributed by atoms with Crippen LogP contribution in [0.4, 0.5) is 0 Å². The number of likely N-dealkylation sites (tertiary alicyclic amines) is 2. The number of aryl methyl sites for hydroxylation is 1. The predicted octanol–water partition coefficient (Wildman–Crippen LogP) is 3.33. The molecular weight excluding hydrogens is 402 g/mol. The molecule has 1 unspecified atom stereocenters. The lowest BCUT2D eigenvalue weighted by Crippen LogP contribution is -2.41. The largest absolute Gasteiger partial charge is 0.370 e. The molecule has 170 valence electrons. The van der Waals surface area contributed by atoms with E-state index in [1.807, 2.05) is 16.0 Å². The summed E-state index contributed by atoms with van der Waals surface area (Å²) in [5, 5.41) is 0. The quantitative estimate of drug-likeness (QED) is 0.597. The Hall–Kier alpha value is -2.73. The van der Waals surface area contributed by atoms with Crippen LogP contribution in [0, 0.1) is 6.92 Å². The van der Waals surface area contributed by atoms with Crippen LogP contribution >= 0.6 is 0 Å². The zero-order valence-electron chi connectivity index (χ0n) is 19.0. The second-order valence-electron chi connectivity index (χ2n) is 8.97. The van der Waals surface area contributed by atoms with Gasteiger partial charge in [-0.2, -0.15) is 0 Å². The van der Waals surface area contributed by atoms with Crippen molar-refractivity contribution in [2.45, 2.75) is 44.9 Å². The highest BCUT2D eigenvalue weighted by molar-refractivity contribution is 5.78. The minimum atomic E-state index is 0.0264. The van der Waals surface area contributed by atoms with Gasteiger partial charge in [0.15, 0.2) is 0 Å². The second kappa shape index (κ2) is 10.7. The summed E-state index contributed by atoms with van der Waals surface area (Å²) in [6, 6.07) is 12.8. The van der Waals surface area contributed by atoms with Gasteiger partial charge in [0, 0.05) is 50.4 Å². The monoisotopic (exact) mass is 435 g/mol. The Morgan fingerprint density at radius 2 is 2.06 bits per heavy atom. The van der Waals surface area contributed by atoms with Crippen molar-refractivity contribution in [1.29, 1.82) is 0 Å². The molecule has 6 nitrogen and oxygen atoms in total. The van der Waals surface area contributed by atoms with E-state index in [2.05, 4.69) is 43.3 Å². The van der Waals surface area contributed by atoms with Gasteiger partial charge in [-0.1, -0.05) is 35.9 Å². The lowest BCUT2D eigenvalue weighted by Gasteiger charge is -2.32. The number of ether oxygens (including phenoxy) is 1.